The van der Waals surface area contributed by atoms with E-state index in [1.54, 1.807) is 18.4 Å². The summed E-state index contributed by atoms with van der Waals surface area (Å²) >= 11 is 1.30. The van der Waals surface area contributed by atoms with Gasteiger partial charge < -0.3 is 20.5 Å². The van der Waals surface area contributed by atoms with Crippen LogP contribution < -0.4 is 10.6 Å². The molecule has 0 spiro atoms. The summed E-state index contributed by atoms with van der Waals surface area (Å²) in [5.74, 6) is -1.45. The molecule has 1 atom stereocenters. The Hall–Kier alpha value is -2.22. The molecule has 0 heterocycles. The monoisotopic (exact) mass is 326 g/mol. The van der Waals surface area contributed by atoms with Crippen molar-refractivity contribution in [1.82, 2.24) is 10.6 Å². The van der Waals surface area contributed by atoms with E-state index >= 15 is 0 Å². The number of alkyl carbamates (subject to hydrolysis) is 1. The van der Waals surface area contributed by atoms with Crippen LogP contribution in [0.1, 0.15) is 5.56 Å². The second-order valence-corrected chi connectivity index (χ2v) is 5.24. The molecule has 0 fully saturated rings. The van der Waals surface area contributed by atoms with Crippen LogP contribution in [0.4, 0.5) is 4.79 Å². The maximum absolute atomic E-state index is 11.6. The molecule has 1 aromatic carbocycles. The van der Waals surface area contributed by atoms with Gasteiger partial charge in [-0.15, -0.1) is 0 Å². The Kier molecular flexibility index (Phi) is 7.84. The van der Waals surface area contributed by atoms with Gasteiger partial charge in [0.15, 0.2) is 0 Å². The van der Waals surface area contributed by atoms with Gasteiger partial charge >= 0.3 is 12.1 Å². The minimum Gasteiger partial charge on any atom is -0.480 e. The summed E-state index contributed by atoms with van der Waals surface area (Å²) in [6.45, 7) is -0.246. The number of amides is 2. The number of thioether (sulfide) groups is 1. The third-order valence-corrected chi connectivity index (χ3v) is 3.24. The fourth-order valence-corrected chi connectivity index (χ4v) is 2.07. The molecule has 0 aliphatic carbocycles. The van der Waals surface area contributed by atoms with Gasteiger partial charge in [0.25, 0.3) is 0 Å². The number of carbonyl (C=O) groups excluding carboxylic acids is 2. The molecule has 3 N–H and O–H groups in total. The molecule has 0 radical (unpaired) electrons. The van der Waals surface area contributed by atoms with Crippen molar-refractivity contribution in [2.45, 2.75) is 12.6 Å². The zero-order valence-electron chi connectivity index (χ0n) is 12.1. The van der Waals surface area contributed by atoms with Crippen LogP contribution in [0.25, 0.3) is 0 Å². The quantitative estimate of drug-likeness (QED) is 0.654. The lowest BCUT2D eigenvalue weighted by Crippen LogP contribution is -2.46. The first-order valence-corrected chi connectivity index (χ1v) is 7.88. The van der Waals surface area contributed by atoms with Crippen LogP contribution in [-0.2, 0) is 20.9 Å². The highest BCUT2D eigenvalue weighted by atomic mass is 32.2. The molecule has 0 aliphatic rings. The van der Waals surface area contributed by atoms with Crippen LogP contribution in [0, 0.1) is 0 Å². The predicted octanol–water partition coefficient (Wildman–Crippen LogP) is 0.845. The Morgan fingerprint density at radius 3 is 2.55 bits per heavy atom. The standard InChI is InChI=1S/C14H18N2O5S/c1-22-9-11(13(18)19)16-12(17)7-15-14(20)21-8-10-5-3-2-4-6-10/h2-6,11H,7-9H2,1H3,(H,15,20)(H,16,17)(H,18,19)/t11-/m0/s1. The highest BCUT2D eigenvalue weighted by Gasteiger charge is 2.19. The molecule has 22 heavy (non-hydrogen) atoms. The molecule has 0 aromatic heterocycles. The van der Waals surface area contributed by atoms with Crippen molar-refractivity contribution < 1.29 is 24.2 Å². The maximum Gasteiger partial charge on any atom is 0.407 e. The number of aliphatic carboxylic acids is 1. The molecule has 0 aliphatic heterocycles. The Balaban J connectivity index is 2.28. The Morgan fingerprint density at radius 1 is 1.27 bits per heavy atom. The lowest BCUT2D eigenvalue weighted by Gasteiger charge is -2.13. The van der Waals surface area contributed by atoms with E-state index in [-0.39, 0.29) is 18.9 Å². The maximum atomic E-state index is 11.6. The number of carbonyl (C=O) groups is 3. The summed E-state index contributed by atoms with van der Waals surface area (Å²) in [5, 5.41) is 13.5. The normalized spacial score (nSPS) is 11.3. The van der Waals surface area contributed by atoms with Crippen molar-refractivity contribution in [3.05, 3.63) is 35.9 Å². The molecular formula is C14H18N2O5S. The summed E-state index contributed by atoms with van der Waals surface area (Å²) in [7, 11) is 0. The van der Waals surface area contributed by atoms with Crippen molar-refractivity contribution in [2.75, 3.05) is 18.6 Å². The van der Waals surface area contributed by atoms with E-state index in [0.29, 0.717) is 0 Å². The van der Waals surface area contributed by atoms with Gasteiger partial charge in [-0.3, -0.25) is 4.79 Å². The van der Waals surface area contributed by atoms with E-state index in [9.17, 15) is 14.4 Å². The van der Waals surface area contributed by atoms with E-state index < -0.39 is 24.0 Å². The van der Waals surface area contributed by atoms with Gasteiger partial charge in [-0.25, -0.2) is 9.59 Å². The second-order valence-electron chi connectivity index (χ2n) is 4.33. The summed E-state index contributed by atoms with van der Waals surface area (Å²) in [6.07, 6.45) is 0.997. The number of hydrogen-bond acceptors (Lipinski definition) is 5. The molecule has 8 heteroatoms. The number of carboxylic acid groups (broad SMARTS) is 1. The van der Waals surface area contributed by atoms with Crippen molar-refractivity contribution in [1.29, 1.82) is 0 Å². The summed E-state index contributed by atoms with van der Waals surface area (Å²) in [5.41, 5.74) is 0.827. The molecule has 1 aromatic rings. The van der Waals surface area contributed by atoms with Crippen LogP contribution in [-0.4, -0.2) is 47.7 Å². The number of carboxylic acids is 1. The first-order chi connectivity index (χ1) is 10.5. The van der Waals surface area contributed by atoms with Gasteiger partial charge in [0.1, 0.15) is 19.2 Å². The third kappa shape index (κ3) is 6.98. The largest absolute Gasteiger partial charge is 0.480 e. The first kappa shape index (κ1) is 17.8. The number of rotatable bonds is 8. The van der Waals surface area contributed by atoms with E-state index in [0.717, 1.165) is 5.56 Å². The fraction of sp³-hybridized carbons (Fsp3) is 0.357. The van der Waals surface area contributed by atoms with E-state index in [1.165, 1.54) is 11.8 Å². The van der Waals surface area contributed by atoms with Gasteiger partial charge in [-0.05, 0) is 11.8 Å². The molecule has 0 saturated carbocycles. The van der Waals surface area contributed by atoms with Gasteiger partial charge in [0, 0.05) is 5.75 Å². The highest BCUT2D eigenvalue weighted by Crippen LogP contribution is 2.00. The van der Waals surface area contributed by atoms with Crippen LogP contribution in [0.3, 0.4) is 0 Å². The Morgan fingerprint density at radius 2 is 1.95 bits per heavy atom. The average Bonchev–Trinajstić information content (AvgIpc) is 2.51. The molecular weight excluding hydrogens is 308 g/mol. The van der Waals surface area contributed by atoms with Crippen LogP contribution in [0.2, 0.25) is 0 Å². The van der Waals surface area contributed by atoms with Crippen LogP contribution in [0.15, 0.2) is 30.3 Å². The topological polar surface area (TPSA) is 105 Å². The number of nitrogens with one attached hydrogen (secondary N) is 2. The lowest BCUT2D eigenvalue weighted by molar-refractivity contribution is -0.140. The molecule has 120 valence electrons. The van der Waals surface area contributed by atoms with E-state index in [4.69, 9.17) is 9.84 Å². The Labute approximate surface area is 132 Å². The van der Waals surface area contributed by atoms with Crippen molar-refractivity contribution in [3.8, 4) is 0 Å². The minimum atomic E-state index is -1.12. The summed E-state index contributed by atoms with van der Waals surface area (Å²) < 4.78 is 4.93. The van der Waals surface area contributed by atoms with Gasteiger partial charge in [-0.2, -0.15) is 11.8 Å². The fourth-order valence-electron chi connectivity index (χ4n) is 1.51. The first-order valence-electron chi connectivity index (χ1n) is 6.48. The smallest absolute Gasteiger partial charge is 0.407 e. The van der Waals surface area contributed by atoms with Crippen molar-refractivity contribution in [3.63, 3.8) is 0 Å². The highest BCUT2D eigenvalue weighted by molar-refractivity contribution is 7.98. The SMILES string of the molecule is CSC[C@H](NC(=O)CNC(=O)OCc1ccccc1)C(=O)O. The Bertz CT molecular complexity index is 509. The summed E-state index contributed by atoms with van der Waals surface area (Å²) in [6, 6.07) is 8.12. The number of ether oxygens (including phenoxy) is 1. The molecule has 1 rings (SSSR count). The third-order valence-electron chi connectivity index (χ3n) is 2.57. The zero-order chi connectivity index (χ0) is 16.4. The minimum absolute atomic E-state index is 0.0958. The lowest BCUT2D eigenvalue weighted by atomic mass is 10.2. The number of hydrogen-bond donors (Lipinski definition) is 3. The van der Waals surface area contributed by atoms with E-state index in [2.05, 4.69) is 10.6 Å². The molecule has 2 amide bonds. The van der Waals surface area contributed by atoms with Gasteiger partial charge in [-0.1, -0.05) is 30.3 Å². The summed E-state index contributed by atoms with van der Waals surface area (Å²) in [4.78, 5) is 33.9. The molecule has 0 saturated heterocycles. The zero-order valence-corrected chi connectivity index (χ0v) is 12.9. The number of benzene rings is 1. The van der Waals surface area contributed by atoms with Gasteiger partial charge in [0.05, 0.1) is 0 Å². The molecule has 7 nitrogen and oxygen atoms in total. The second kappa shape index (κ2) is 9.67. The van der Waals surface area contributed by atoms with Crippen LogP contribution >= 0.6 is 11.8 Å². The molecule has 0 bridgehead atoms. The van der Waals surface area contributed by atoms with E-state index in [1.807, 2.05) is 18.2 Å². The molecule has 0 unspecified atom stereocenters. The average molecular weight is 326 g/mol. The van der Waals surface area contributed by atoms with Crippen molar-refractivity contribution >= 4 is 29.7 Å². The van der Waals surface area contributed by atoms with Crippen LogP contribution in [0.5, 0.6) is 0 Å². The van der Waals surface area contributed by atoms with Crippen molar-refractivity contribution in [2.24, 2.45) is 0 Å². The van der Waals surface area contributed by atoms with Gasteiger partial charge in [0.2, 0.25) is 5.91 Å². The predicted molar refractivity (Wildman–Crippen MR) is 82.6 cm³/mol.